The van der Waals surface area contributed by atoms with E-state index < -0.39 is 0 Å². The second-order valence-electron chi connectivity index (χ2n) is 9.31. The first-order valence-electron chi connectivity index (χ1n) is 11.3. The van der Waals surface area contributed by atoms with Crippen molar-refractivity contribution in [3.8, 4) is 0 Å². The first-order valence-corrected chi connectivity index (χ1v) is 11.3. The zero-order valence-electron chi connectivity index (χ0n) is 22.3. The van der Waals surface area contributed by atoms with Crippen LogP contribution >= 0.6 is 0 Å². The molecule has 0 N–H and O–H groups in total. The molecule has 2 aromatic carbocycles. The summed E-state index contributed by atoms with van der Waals surface area (Å²) in [7, 11) is 0. The van der Waals surface area contributed by atoms with Crippen molar-refractivity contribution in [1.82, 2.24) is 0 Å². The van der Waals surface area contributed by atoms with Crippen LogP contribution in [-0.4, -0.2) is 13.1 Å². The molecule has 0 bridgehead atoms. The number of hydrogen-bond acceptors (Lipinski definition) is 0. The molecular weight excluding hydrogens is 424 g/mol. The van der Waals surface area contributed by atoms with Gasteiger partial charge in [-0.3, -0.25) is 0 Å². The van der Waals surface area contributed by atoms with E-state index in [4.69, 9.17) is 10.6 Å². The van der Waals surface area contributed by atoms with E-state index in [-0.39, 0.29) is 36.6 Å². The second-order valence-corrected chi connectivity index (χ2v) is 9.31. The van der Waals surface area contributed by atoms with E-state index in [1.165, 1.54) is 33.6 Å². The van der Waals surface area contributed by atoms with Gasteiger partial charge in [-0.1, -0.05) is 120 Å². The van der Waals surface area contributed by atoms with Gasteiger partial charge in [-0.25, -0.2) is 0 Å². The van der Waals surface area contributed by atoms with Crippen molar-refractivity contribution in [1.29, 1.82) is 0 Å². The zero-order chi connectivity index (χ0) is 21.6. The average Bonchev–Trinajstić information content (AvgIpc) is 2.66. The average molecular weight is 471 g/mol. The van der Waals surface area contributed by atoms with Crippen LogP contribution in [0.25, 0.3) is 10.6 Å². The minimum Gasteiger partial charge on any atom is -0.684 e. The number of rotatable bonds is 10. The number of benzene rings is 2. The summed E-state index contributed by atoms with van der Waals surface area (Å²) in [5, 5.41) is 10.1. The van der Waals surface area contributed by atoms with E-state index in [2.05, 4.69) is 91.8 Å². The van der Waals surface area contributed by atoms with Gasteiger partial charge in [0.1, 0.15) is 0 Å². The summed E-state index contributed by atoms with van der Waals surface area (Å²) in [6, 6.07) is 13.3. The van der Waals surface area contributed by atoms with E-state index in [1.807, 2.05) is 0 Å². The number of para-hydroxylation sites is 2. The molecule has 0 amide bonds. The van der Waals surface area contributed by atoms with Crippen molar-refractivity contribution < 1.29 is 21.7 Å². The minimum absolute atomic E-state index is 0. The van der Waals surface area contributed by atoms with Crippen molar-refractivity contribution in [3.05, 3.63) is 84.1 Å². The van der Waals surface area contributed by atoms with E-state index in [1.54, 1.807) is 0 Å². The Bertz CT molecular complexity index is 661. The maximum Gasteiger partial charge on any atom is 4.00 e. The summed E-state index contributed by atoms with van der Waals surface area (Å²) in [5.41, 5.74) is 7.87. The van der Waals surface area contributed by atoms with Crippen LogP contribution in [0.4, 0.5) is 11.4 Å². The minimum atomic E-state index is 0. The molecular formula is C29H46N2Ti. The molecule has 0 aliphatic carbocycles. The molecule has 0 aromatic heterocycles. The van der Waals surface area contributed by atoms with Gasteiger partial charge in [0.05, 0.1) is 0 Å². The summed E-state index contributed by atoms with van der Waals surface area (Å²) in [6.45, 7) is 19.7. The number of nitrogens with zero attached hydrogens (tertiary/aromatic N) is 2. The van der Waals surface area contributed by atoms with Crippen molar-refractivity contribution >= 4 is 11.4 Å². The van der Waals surface area contributed by atoms with Gasteiger partial charge >= 0.3 is 21.7 Å². The Kier molecular flexibility index (Phi) is 16.0. The van der Waals surface area contributed by atoms with Crippen LogP contribution in [0.3, 0.4) is 0 Å². The molecule has 32 heavy (non-hydrogen) atoms. The van der Waals surface area contributed by atoms with Gasteiger partial charge < -0.3 is 25.5 Å². The molecule has 176 valence electrons. The van der Waals surface area contributed by atoms with E-state index in [9.17, 15) is 0 Å². The van der Waals surface area contributed by atoms with Crippen LogP contribution in [0.15, 0.2) is 36.4 Å². The van der Waals surface area contributed by atoms with Crippen molar-refractivity contribution in [2.24, 2.45) is 0 Å². The molecule has 0 heterocycles. The molecule has 0 aliphatic rings. The van der Waals surface area contributed by atoms with Gasteiger partial charge in [-0.15, -0.1) is 24.5 Å². The summed E-state index contributed by atoms with van der Waals surface area (Å²) in [5.74, 6) is 1.96. The van der Waals surface area contributed by atoms with Crippen LogP contribution in [0.1, 0.15) is 108 Å². The van der Waals surface area contributed by atoms with Crippen molar-refractivity contribution in [2.75, 3.05) is 13.1 Å². The Morgan fingerprint density at radius 3 is 1.00 bits per heavy atom. The predicted molar refractivity (Wildman–Crippen MR) is 142 cm³/mol. The predicted octanol–water partition coefficient (Wildman–Crippen LogP) is 10.2. The van der Waals surface area contributed by atoms with Gasteiger partial charge in [-0.2, -0.15) is 0 Å². The Balaban J connectivity index is 0. The topological polar surface area (TPSA) is 28.2 Å². The summed E-state index contributed by atoms with van der Waals surface area (Å²) >= 11 is 0. The summed E-state index contributed by atoms with van der Waals surface area (Å²) < 4.78 is 0. The molecule has 3 heteroatoms. The second kappa shape index (κ2) is 15.6. The van der Waals surface area contributed by atoms with Gasteiger partial charge in [0.2, 0.25) is 0 Å². The fraction of sp³-hybridized carbons (Fsp3) is 0.517. The molecule has 2 aromatic rings. The Morgan fingerprint density at radius 1 is 0.531 bits per heavy atom. The Morgan fingerprint density at radius 2 is 0.781 bits per heavy atom. The Labute approximate surface area is 215 Å². The summed E-state index contributed by atoms with van der Waals surface area (Å²) in [6.07, 6.45) is 0.980. The van der Waals surface area contributed by atoms with Crippen LogP contribution in [0.5, 0.6) is 0 Å². The van der Waals surface area contributed by atoms with E-state index in [0.717, 1.165) is 19.5 Å². The zero-order valence-corrected chi connectivity index (χ0v) is 23.9. The summed E-state index contributed by atoms with van der Waals surface area (Å²) in [4.78, 5) is 0. The molecule has 0 atom stereocenters. The molecule has 0 fully saturated rings. The first-order chi connectivity index (χ1) is 13.7. The third kappa shape index (κ3) is 8.60. The van der Waals surface area contributed by atoms with Gasteiger partial charge in [0, 0.05) is 0 Å². The largest absolute Gasteiger partial charge is 4.00 e. The van der Waals surface area contributed by atoms with Gasteiger partial charge in [0.25, 0.3) is 0 Å². The fourth-order valence-electron chi connectivity index (χ4n) is 3.84. The third-order valence-electron chi connectivity index (χ3n) is 5.54. The van der Waals surface area contributed by atoms with E-state index in [0.29, 0.717) is 23.7 Å². The smallest absolute Gasteiger partial charge is 0.684 e. The van der Waals surface area contributed by atoms with Crippen molar-refractivity contribution in [3.63, 3.8) is 0 Å². The first kappa shape index (κ1) is 32.9. The third-order valence-corrected chi connectivity index (χ3v) is 5.54. The monoisotopic (exact) mass is 470 g/mol. The molecule has 0 saturated heterocycles. The van der Waals surface area contributed by atoms with Crippen molar-refractivity contribution in [2.45, 2.75) is 85.5 Å². The van der Waals surface area contributed by atoms with Gasteiger partial charge in [0.15, 0.2) is 0 Å². The normalized spacial score (nSPS) is 10.6. The molecule has 2 rings (SSSR count). The molecule has 2 nitrogen and oxygen atoms in total. The maximum atomic E-state index is 5.03. The van der Waals surface area contributed by atoms with Crippen LogP contribution in [0.2, 0.25) is 0 Å². The SMILES string of the molecule is CC(C)c1cccc(C(C)C)c1[N-]CCC[N-]c1c(C(C)C)cccc1C(C)C.[CH3-].[CH3-].[Ti+4]. The Hall–Kier alpha value is -1.25. The molecule has 0 aliphatic heterocycles. The molecule has 0 spiro atoms. The van der Waals surface area contributed by atoms with E-state index >= 15 is 0 Å². The fourth-order valence-corrected chi connectivity index (χ4v) is 3.84. The number of hydrogen-bond donors (Lipinski definition) is 0. The quantitative estimate of drug-likeness (QED) is 0.188. The molecule has 0 saturated carbocycles. The molecule has 0 unspecified atom stereocenters. The van der Waals surface area contributed by atoms with Crippen LogP contribution in [-0.2, 0) is 21.7 Å². The van der Waals surface area contributed by atoms with Gasteiger partial charge in [-0.05, 0) is 23.7 Å². The molecule has 0 radical (unpaired) electrons. The van der Waals surface area contributed by atoms with Crippen LogP contribution < -0.4 is 0 Å². The maximum absolute atomic E-state index is 5.03. The standard InChI is InChI=1S/C27H40N2.2CH3.Ti/c1-18(2)22-12-9-13-23(19(3)4)26(22)28-16-11-17-29-27-24(20(5)6)14-10-15-25(27)21(7)8;;;/h9-10,12-15,18-21H,11,16-17H2,1-8H3;2*1H3;/q-2;2*-1;+4. The van der Waals surface area contributed by atoms with Crippen LogP contribution in [0, 0.1) is 14.9 Å².